The molecule has 3 aromatic rings. The van der Waals surface area contributed by atoms with E-state index in [-0.39, 0.29) is 35.0 Å². The van der Waals surface area contributed by atoms with E-state index in [4.69, 9.17) is 32.5 Å². The number of hydrogen-bond acceptors (Lipinski definition) is 8. The fraction of sp³-hybridized carbons (Fsp3) is 0.333. The van der Waals surface area contributed by atoms with Gasteiger partial charge in [0, 0.05) is 17.3 Å². The molecule has 0 saturated heterocycles. The molecule has 2 heterocycles. The topological polar surface area (TPSA) is 142 Å². The number of hydrogen-bond donors (Lipinski definition) is 2. The highest BCUT2D eigenvalue weighted by atomic mass is 35.5. The van der Waals surface area contributed by atoms with E-state index < -0.39 is 16.1 Å². The normalized spacial score (nSPS) is 18.2. The van der Waals surface area contributed by atoms with Crippen LogP contribution in [0, 0.1) is 5.92 Å². The highest BCUT2D eigenvalue weighted by Crippen LogP contribution is 2.31. The predicted octanol–water partition coefficient (Wildman–Crippen LogP) is 3.06. The van der Waals surface area contributed by atoms with Crippen LogP contribution in [0.1, 0.15) is 40.9 Å². The van der Waals surface area contributed by atoms with Gasteiger partial charge in [-0.05, 0) is 48.9 Å². The van der Waals surface area contributed by atoms with Crippen molar-refractivity contribution < 1.29 is 17.4 Å². The van der Waals surface area contributed by atoms with Crippen LogP contribution in [0.3, 0.4) is 0 Å². The number of benzene rings is 1. The summed E-state index contributed by atoms with van der Waals surface area (Å²) in [6, 6.07) is 8.94. The number of nitrogens with two attached hydrogens (primary N) is 1. The van der Waals surface area contributed by atoms with Crippen LogP contribution in [-0.2, 0) is 21.0 Å². The van der Waals surface area contributed by atoms with Crippen molar-refractivity contribution in [2.75, 3.05) is 11.9 Å². The molecule has 1 aromatic carbocycles. The second-order valence-corrected chi connectivity index (χ2v) is 10.1. The van der Waals surface area contributed by atoms with Gasteiger partial charge in [0.1, 0.15) is 28.6 Å². The lowest BCUT2D eigenvalue weighted by Gasteiger charge is -2.16. The fourth-order valence-corrected chi connectivity index (χ4v) is 4.75. The SMILES string of the molecule is NS(=O)(=O)OC[C@@H]1CC[C@H](Nc2ncnc(Cl)c2C(=O)c2ccn(Cc3cccc(Cl)c3)n2)C1. The van der Waals surface area contributed by atoms with E-state index in [2.05, 4.69) is 20.4 Å². The Morgan fingerprint density at radius 2 is 2.06 bits per heavy atom. The van der Waals surface area contributed by atoms with Crippen molar-refractivity contribution in [3.63, 3.8) is 0 Å². The fourth-order valence-electron chi connectivity index (χ4n) is 3.94. The van der Waals surface area contributed by atoms with Gasteiger partial charge in [-0.15, -0.1) is 0 Å². The van der Waals surface area contributed by atoms with Gasteiger partial charge in [-0.2, -0.15) is 13.5 Å². The van der Waals surface area contributed by atoms with Crippen molar-refractivity contribution in [3.8, 4) is 0 Å². The lowest BCUT2D eigenvalue weighted by molar-refractivity contribution is 0.103. The predicted molar refractivity (Wildman–Crippen MR) is 127 cm³/mol. The summed E-state index contributed by atoms with van der Waals surface area (Å²) in [4.78, 5) is 21.4. The molecule has 1 aliphatic carbocycles. The quantitative estimate of drug-likeness (QED) is 0.321. The minimum atomic E-state index is -3.98. The van der Waals surface area contributed by atoms with Gasteiger partial charge in [0.05, 0.1) is 13.2 Å². The molecule has 0 spiro atoms. The van der Waals surface area contributed by atoms with Gasteiger partial charge in [-0.1, -0.05) is 35.3 Å². The Labute approximate surface area is 206 Å². The van der Waals surface area contributed by atoms with Gasteiger partial charge in [-0.3, -0.25) is 13.7 Å². The van der Waals surface area contributed by atoms with E-state index >= 15 is 0 Å². The van der Waals surface area contributed by atoms with Crippen molar-refractivity contribution in [2.24, 2.45) is 11.1 Å². The van der Waals surface area contributed by atoms with Crippen molar-refractivity contribution in [2.45, 2.75) is 31.8 Å². The summed E-state index contributed by atoms with van der Waals surface area (Å²) in [7, 11) is -3.98. The number of carbonyl (C=O) groups excluding carboxylic acids is 1. The lowest BCUT2D eigenvalue weighted by Crippen LogP contribution is -2.22. The van der Waals surface area contributed by atoms with Crippen LogP contribution in [0.2, 0.25) is 10.2 Å². The van der Waals surface area contributed by atoms with Crippen LogP contribution in [-0.4, -0.2) is 46.6 Å². The molecular weight excluding hydrogens is 503 g/mol. The Kier molecular flexibility index (Phi) is 7.48. The number of nitrogens with one attached hydrogen (secondary N) is 1. The first-order valence-corrected chi connectivity index (χ1v) is 12.7. The largest absolute Gasteiger partial charge is 0.367 e. The molecule has 0 aliphatic heterocycles. The third kappa shape index (κ3) is 6.30. The highest BCUT2D eigenvalue weighted by Gasteiger charge is 2.29. The zero-order valence-electron chi connectivity index (χ0n) is 17.9. The molecule has 2 aromatic heterocycles. The van der Waals surface area contributed by atoms with Crippen molar-refractivity contribution in [1.29, 1.82) is 0 Å². The molecule has 0 radical (unpaired) electrons. The summed E-state index contributed by atoms with van der Waals surface area (Å²) in [6.07, 6.45) is 5.08. The Morgan fingerprint density at radius 1 is 1.24 bits per heavy atom. The summed E-state index contributed by atoms with van der Waals surface area (Å²) < 4.78 is 28.4. The molecule has 0 bridgehead atoms. The molecular formula is C21H22Cl2N6O4S. The van der Waals surface area contributed by atoms with Crippen molar-refractivity contribution in [3.05, 3.63) is 69.9 Å². The molecule has 1 aliphatic rings. The van der Waals surface area contributed by atoms with E-state index in [1.807, 2.05) is 18.2 Å². The summed E-state index contributed by atoms with van der Waals surface area (Å²) in [6.45, 7) is 0.458. The first kappa shape index (κ1) is 24.6. The number of nitrogens with zero attached hydrogens (tertiary/aromatic N) is 4. The molecule has 34 heavy (non-hydrogen) atoms. The molecule has 180 valence electrons. The maximum absolute atomic E-state index is 13.3. The van der Waals surface area contributed by atoms with Gasteiger partial charge in [0.2, 0.25) is 5.78 Å². The third-order valence-electron chi connectivity index (χ3n) is 5.49. The Morgan fingerprint density at radius 3 is 2.82 bits per heavy atom. The number of aromatic nitrogens is 4. The van der Waals surface area contributed by atoms with Gasteiger partial charge < -0.3 is 5.32 Å². The van der Waals surface area contributed by atoms with E-state index in [1.54, 1.807) is 23.0 Å². The Balaban J connectivity index is 1.47. The average Bonchev–Trinajstić information content (AvgIpc) is 3.41. The monoisotopic (exact) mass is 524 g/mol. The summed E-state index contributed by atoms with van der Waals surface area (Å²) in [5.74, 6) is -0.105. The third-order valence-corrected chi connectivity index (χ3v) is 6.47. The minimum Gasteiger partial charge on any atom is -0.367 e. The van der Waals surface area contributed by atoms with E-state index in [9.17, 15) is 13.2 Å². The Hall–Kier alpha value is -2.57. The zero-order chi connectivity index (χ0) is 24.3. The van der Waals surface area contributed by atoms with Gasteiger partial charge in [-0.25, -0.2) is 15.1 Å². The maximum atomic E-state index is 13.3. The number of carbonyl (C=O) groups is 1. The standard InChI is InChI=1S/C21H22Cl2N6O4S/c22-15-3-1-2-13(8-15)10-29-7-6-17(28-29)19(30)18-20(23)25-12-26-21(18)27-16-5-4-14(9-16)11-33-34(24,31)32/h1-3,6-8,12,14,16H,4-5,9-11H2,(H2,24,31,32)(H,25,26,27)/t14-,16+/m1/s1. The molecule has 0 unspecified atom stereocenters. The Bertz CT molecular complexity index is 1300. The van der Waals surface area contributed by atoms with Gasteiger partial charge >= 0.3 is 10.3 Å². The first-order valence-electron chi connectivity index (χ1n) is 10.4. The zero-order valence-corrected chi connectivity index (χ0v) is 20.2. The first-order chi connectivity index (χ1) is 16.2. The molecule has 2 atom stereocenters. The molecule has 0 amide bonds. The second kappa shape index (κ2) is 10.4. The number of anilines is 1. The molecule has 1 fully saturated rings. The number of halogens is 2. The van der Waals surface area contributed by atoms with Gasteiger partial charge in [0.25, 0.3) is 0 Å². The summed E-state index contributed by atoms with van der Waals surface area (Å²) in [5, 5.41) is 13.2. The summed E-state index contributed by atoms with van der Waals surface area (Å²) >= 11 is 12.3. The van der Waals surface area contributed by atoms with Crippen LogP contribution < -0.4 is 10.5 Å². The number of ketones is 1. The van der Waals surface area contributed by atoms with E-state index in [0.717, 1.165) is 18.4 Å². The molecule has 13 heteroatoms. The smallest absolute Gasteiger partial charge is 0.333 e. The summed E-state index contributed by atoms with van der Waals surface area (Å²) in [5.41, 5.74) is 1.27. The molecule has 3 N–H and O–H groups in total. The maximum Gasteiger partial charge on any atom is 0.333 e. The second-order valence-electron chi connectivity index (χ2n) is 8.04. The molecule has 10 nitrogen and oxygen atoms in total. The van der Waals surface area contributed by atoms with Crippen LogP contribution in [0.4, 0.5) is 5.82 Å². The highest BCUT2D eigenvalue weighted by molar-refractivity contribution is 7.84. The van der Waals surface area contributed by atoms with E-state index in [0.29, 0.717) is 23.8 Å². The van der Waals surface area contributed by atoms with Crippen molar-refractivity contribution in [1.82, 2.24) is 19.7 Å². The van der Waals surface area contributed by atoms with Gasteiger partial charge in [0.15, 0.2) is 0 Å². The van der Waals surface area contributed by atoms with Crippen LogP contribution in [0.15, 0.2) is 42.9 Å². The average molecular weight is 525 g/mol. The number of rotatable bonds is 9. The van der Waals surface area contributed by atoms with Crippen LogP contribution in [0.25, 0.3) is 0 Å². The minimum absolute atomic E-state index is 0.00877. The van der Waals surface area contributed by atoms with E-state index in [1.165, 1.54) is 6.33 Å². The lowest BCUT2D eigenvalue weighted by atomic mass is 10.1. The molecule has 4 rings (SSSR count). The van der Waals surface area contributed by atoms with Crippen LogP contribution in [0.5, 0.6) is 0 Å². The van der Waals surface area contributed by atoms with Crippen molar-refractivity contribution >= 4 is 45.1 Å². The van der Waals surface area contributed by atoms with Crippen LogP contribution >= 0.6 is 23.2 Å². The molecule has 1 saturated carbocycles.